The van der Waals surface area contributed by atoms with E-state index < -0.39 is 6.80 Å². The first-order valence-electron chi connectivity index (χ1n) is 3.76. The Morgan fingerprint density at radius 3 is 1.67 bits per heavy atom. The number of hydrogen-bond donors (Lipinski definition) is 2. The molecular weight excluding hydrogens is 162 g/mol. The molecular formula is C8H22F2N2. The van der Waals surface area contributed by atoms with Crippen LogP contribution >= 0.6 is 0 Å². The molecule has 0 spiro atoms. The molecule has 0 aliphatic rings. The van der Waals surface area contributed by atoms with Crippen LogP contribution in [0.25, 0.3) is 0 Å². The Bertz CT molecular complexity index is 50.3. The van der Waals surface area contributed by atoms with Gasteiger partial charge < -0.3 is 5.73 Å². The van der Waals surface area contributed by atoms with Gasteiger partial charge in [-0.1, -0.05) is 26.3 Å². The van der Waals surface area contributed by atoms with Crippen molar-refractivity contribution in [3.8, 4) is 0 Å². The third-order valence-corrected chi connectivity index (χ3v) is 0.300. The summed E-state index contributed by atoms with van der Waals surface area (Å²) in [4.78, 5) is 0. The minimum atomic E-state index is -0.431. The number of rotatable bonds is 2. The van der Waals surface area contributed by atoms with Crippen LogP contribution in [-0.4, -0.2) is 20.4 Å². The Kier molecular flexibility index (Phi) is 87.7. The van der Waals surface area contributed by atoms with Crippen molar-refractivity contribution < 1.29 is 9.09 Å². The molecule has 0 unspecified atom stereocenters. The van der Waals surface area contributed by atoms with E-state index in [0.29, 0.717) is 6.54 Å². The molecule has 3 N–H and O–H groups in total. The molecule has 0 aromatic carbocycles. The summed E-state index contributed by atoms with van der Waals surface area (Å²) in [6.07, 6.45) is 2.90. The highest BCUT2D eigenvalue weighted by molar-refractivity contribution is 4.64. The molecule has 0 rings (SSSR count). The summed E-state index contributed by atoms with van der Waals surface area (Å²) >= 11 is 0. The Balaban J connectivity index is -0.0000000389. The fraction of sp³-hybridized carbons (Fsp3) is 0.750. The minimum absolute atomic E-state index is 0. The van der Waals surface area contributed by atoms with Gasteiger partial charge in [-0.05, 0) is 7.05 Å². The topological polar surface area (TPSA) is 38.0 Å². The zero-order valence-electron chi connectivity index (χ0n) is 8.27. The average molecular weight is 184 g/mol. The van der Waals surface area contributed by atoms with Gasteiger partial charge in [0.25, 0.3) is 0 Å². The van der Waals surface area contributed by atoms with Crippen molar-refractivity contribution in [3.05, 3.63) is 12.7 Å². The lowest BCUT2D eigenvalue weighted by Crippen LogP contribution is -1.99. The van der Waals surface area contributed by atoms with Crippen LogP contribution in [-0.2, 0) is 0 Å². The molecule has 78 valence electrons. The molecule has 0 heterocycles. The van der Waals surface area contributed by atoms with Crippen molar-refractivity contribution in [2.24, 2.45) is 5.73 Å². The minimum Gasteiger partial charge on any atom is -0.327 e. The van der Waals surface area contributed by atoms with Gasteiger partial charge in [-0.25, -0.2) is 4.39 Å². The first kappa shape index (κ1) is 22.5. The van der Waals surface area contributed by atoms with Crippen LogP contribution in [0.2, 0.25) is 0 Å². The fourth-order valence-electron chi connectivity index (χ4n) is 0. The third kappa shape index (κ3) is 299. The SMILES string of the molecule is C=CCN.CCC.CNCF.F. The number of halogens is 2. The van der Waals surface area contributed by atoms with Crippen molar-refractivity contribution in [1.29, 1.82) is 0 Å². The summed E-state index contributed by atoms with van der Waals surface area (Å²) in [5.74, 6) is 0. The second kappa shape index (κ2) is 46.7. The standard InChI is InChI=1S/C3H7N.C3H8.C2H6FN.FH/c1-2-3-4;1-3-2;1-4-2-3;/h2H,1,3-4H2;3H2,1-2H3;4H,2H2,1H3;1H. The number of nitrogens with two attached hydrogens (primary N) is 1. The molecule has 0 amide bonds. The molecule has 0 saturated carbocycles. The van der Waals surface area contributed by atoms with Crippen LogP contribution in [0.1, 0.15) is 20.3 Å². The van der Waals surface area contributed by atoms with E-state index in [2.05, 4.69) is 25.7 Å². The Labute approximate surface area is 74.4 Å². The number of alkyl halides is 1. The molecule has 0 aliphatic carbocycles. The second-order valence-corrected chi connectivity index (χ2v) is 1.72. The van der Waals surface area contributed by atoms with Crippen molar-refractivity contribution >= 4 is 0 Å². The highest BCUT2D eigenvalue weighted by Crippen LogP contribution is 1.56. The maximum atomic E-state index is 10.6. The Morgan fingerprint density at radius 1 is 1.50 bits per heavy atom. The maximum absolute atomic E-state index is 10.6. The van der Waals surface area contributed by atoms with E-state index in [1.54, 1.807) is 13.1 Å². The summed E-state index contributed by atoms with van der Waals surface area (Å²) in [5.41, 5.74) is 4.91. The van der Waals surface area contributed by atoms with E-state index >= 15 is 0 Å². The lowest BCUT2D eigenvalue weighted by Gasteiger charge is -1.72. The van der Waals surface area contributed by atoms with E-state index in [9.17, 15) is 4.39 Å². The van der Waals surface area contributed by atoms with Crippen LogP contribution in [0.4, 0.5) is 9.09 Å². The average Bonchev–Trinajstić information content (AvgIpc) is 2.06. The van der Waals surface area contributed by atoms with Crippen LogP contribution in [0.5, 0.6) is 0 Å². The van der Waals surface area contributed by atoms with Crippen LogP contribution in [0.3, 0.4) is 0 Å². The van der Waals surface area contributed by atoms with Gasteiger partial charge in [0.2, 0.25) is 0 Å². The second-order valence-electron chi connectivity index (χ2n) is 1.72. The van der Waals surface area contributed by atoms with Gasteiger partial charge in [-0.3, -0.25) is 10.0 Å². The fourth-order valence-corrected chi connectivity index (χ4v) is 0. The van der Waals surface area contributed by atoms with Crippen molar-refractivity contribution in [3.63, 3.8) is 0 Å². The van der Waals surface area contributed by atoms with Gasteiger partial charge in [0, 0.05) is 6.54 Å². The van der Waals surface area contributed by atoms with E-state index in [-0.39, 0.29) is 4.70 Å². The van der Waals surface area contributed by atoms with Gasteiger partial charge >= 0.3 is 0 Å². The monoisotopic (exact) mass is 184 g/mol. The zero-order valence-corrected chi connectivity index (χ0v) is 8.27. The highest BCUT2D eigenvalue weighted by Gasteiger charge is 1.54. The highest BCUT2D eigenvalue weighted by atomic mass is 19.1. The molecule has 0 aromatic heterocycles. The van der Waals surface area contributed by atoms with Crippen LogP contribution in [0.15, 0.2) is 12.7 Å². The van der Waals surface area contributed by atoms with Crippen LogP contribution < -0.4 is 11.1 Å². The largest absolute Gasteiger partial charge is 0.327 e. The molecule has 2 nitrogen and oxygen atoms in total. The lowest BCUT2D eigenvalue weighted by atomic mass is 10.6. The predicted octanol–water partition coefficient (Wildman–Crippen LogP) is 1.83. The van der Waals surface area contributed by atoms with Gasteiger partial charge in [0.15, 0.2) is 0 Å². The third-order valence-electron chi connectivity index (χ3n) is 0.300. The number of nitrogens with one attached hydrogen (secondary N) is 1. The van der Waals surface area contributed by atoms with Gasteiger partial charge in [0.05, 0.1) is 0 Å². The summed E-state index contributed by atoms with van der Waals surface area (Å²) in [6, 6.07) is 0. The van der Waals surface area contributed by atoms with Crippen molar-refractivity contribution in [2.75, 3.05) is 20.4 Å². The van der Waals surface area contributed by atoms with E-state index in [4.69, 9.17) is 5.73 Å². The quantitative estimate of drug-likeness (QED) is 0.507. The van der Waals surface area contributed by atoms with Gasteiger partial charge in [-0.2, -0.15) is 0 Å². The normalized spacial score (nSPS) is 6.08. The maximum Gasteiger partial charge on any atom is 0.140 e. The zero-order chi connectivity index (χ0) is 9.54. The summed E-state index contributed by atoms with van der Waals surface area (Å²) < 4.78 is 10.6. The predicted molar refractivity (Wildman–Crippen MR) is 52.8 cm³/mol. The first-order chi connectivity index (χ1) is 5.24. The Morgan fingerprint density at radius 2 is 1.67 bits per heavy atom. The molecule has 0 bridgehead atoms. The first-order valence-corrected chi connectivity index (χ1v) is 3.76. The number of hydrogen-bond acceptors (Lipinski definition) is 2. The van der Waals surface area contributed by atoms with Gasteiger partial charge in [0.1, 0.15) is 6.80 Å². The molecule has 0 atom stereocenters. The van der Waals surface area contributed by atoms with Crippen molar-refractivity contribution in [2.45, 2.75) is 20.3 Å². The molecule has 0 aliphatic heterocycles. The summed E-state index contributed by atoms with van der Waals surface area (Å²) in [6.45, 7) is 7.76. The molecule has 12 heavy (non-hydrogen) atoms. The lowest BCUT2D eigenvalue weighted by molar-refractivity contribution is 0.452. The van der Waals surface area contributed by atoms with Gasteiger partial charge in [-0.15, -0.1) is 6.58 Å². The van der Waals surface area contributed by atoms with Crippen molar-refractivity contribution in [1.82, 2.24) is 5.32 Å². The smallest absolute Gasteiger partial charge is 0.140 e. The molecule has 0 radical (unpaired) electrons. The molecule has 0 fully saturated rings. The van der Waals surface area contributed by atoms with E-state index in [1.165, 1.54) is 6.42 Å². The molecule has 0 saturated heterocycles. The Hall–Kier alpha value is -0.480. The summed E-state index contributed by atoms with van der Waals surface area (Å²) in [7, 11) is 1.56. The molecule has 0 aromatic rings. The van der Waals surface area contributed by atoms with Crippen LogP contribution in [0, 0.1) is 0 Å². The summed E-state index contributed by atoms with van der Waals surface area (Å²) in [5, 5.41) is 2.26. The molecule has 4 heteroatoms. The van der Waals surface area contributed by atoms with E-state index in [0.717, 1.165) is 0 Å². The van der Waals surface area contributed by atoms with E-state index in [1.807, 2.05) is 0 Å².